The van der Waals surface area contributed by atoms with E-state index in [0.717, 1.165) is 59.9 Å². The van der Waals surface area contributed by atoms with Gasteiger partial charge in [0.2, 0.25) is 0 Å². The lowest BCUT2D eigenvalue weighted by Crippen LogP contribution is -1.93. The summed E-state index contributed by atoms with van der Waals surface area (Å²) in [6.45, 7) is 0. The van der Waals surface area contributed by atoms with Crippen LogP contribution in [0.25, 0.3) is 118 Å². The molecule has 3 nitrogen and oxygen atoms in total. The van der Waals surface area contributed by atoms with Crippen LogP contribution in [0.1, 0.15) is 0 Å². The molecule has 12 rings (SSSR count). The van der Waals surface area contributed by atoms with Crippen molar-refractivity contribution in [3.63, 3.8) is 0 Å². The minimum Gasteiger partial charge on any atom is -0.455 e. The molecule has 12 aromatic rings. The molecule has 0 aliphatic heterocycles. The second-order valence-corrected chi connectivity index (χ2v) is 16.2. The third-order valence-electron chi connectivity index (χ3n) is 10.9. The summed E-state index contributed by atoms with van der Waals surface area (Å²) in [5.74, 6) is 0.699. The van der Waals surface area contributed by atoms with E-state index in [9.17, 15) is 0 Å². The first-order chi connectivity index (χ1) is 27.2. The number of hydrogen-bond acceptors (Lipinski definition) is 5. The molecule has 0 aliphatic rings. The quantitative estimate of drug-likeness (QED) is 0.181. The van der Waals surface area contributed by atoms with Crippen LogP contribution in [-0.4, -0.2) is 9.97 Å². The van der Waals surface area contributed by atoms with Crippen LogP contribution >= 0.6 is 22.7 Å². The van der Waals surface area contributed by atoms with E-state index < -0.39 is 0 Å². The normalized spacial score (nSPS) is 12.0. The molecule has 0 fully saturated rings. The fraction of sp³-hybridized carbons (Fsp3) is 0. The molecule has 4 heterocycles. The van der Waals surface area contributed by atoms with E-state index >= 15 is 0 Å². The molecule has 0 spiro atoms. The zero-order valence-electron chi connectivity index (χ0n) is 29.3. The van der Waals surface area contributed by atoms with Crippen LogP contribution in [0.4, 0.5) is 0 Å². The molecule has 0 saturated heterocycles. The Hall–Kier alpha value is -6.66. The van der Waals surface area contributed by atoms with E-state index in [1.807, 2.05) is 11.3 Å². The van der Waals surface area contributed by atoms with Gasteiger partial charge in [0.25, 0.3) is 0 Å². The van der Waals surface area contributed by atoms with E-state index in [-0.39, 0.29) is 0 Å². The Kier molecular flexibility index (Phi) is 6.67. The Morgan fingerprint density at radius 1 is 0.418 bits per heavy atom. The van der Waals surface area contributed by atoms with Crippen LogP contribution < -0.4 is 0 Å². The summed E-state index contributed by atoms with van der Waals surface area (Å²) in [7, 11) is 0. The van der Waals surface area contributed by atoms with Crippen LogP contribution in [0.3, 0.4) is 0 Å². The molecule has 0 radical (unpaired) electrons. The van der Waals surface area contributed by atoms with Crippen molar-refractivity contribution in [2.24, 2.45) is 0 Å². The number of benzene rings is 8. The summed E-state index contributed by atoms with van der Waals surface area (Å²) in [6, 6.07) is 60.5. The Balaban J connectivity index is 1.09. The summed E-state index contributed by atoms with van der Waals surface area (Å²) in [4.78, 5) is 10.7. The van der Waals surface area contributed by atoms with Crippen LogP contribution in [0.2, 0.25) is 0 Å². The molecule has 4 aromatic heterocycles. The minimum atomic E-state index is 0.699. The second-order valence-electron chi connectivity index (χ2n) is 14.1. The highest BCUT2D eigenvalue weighted by atomic mass is 32.1. The highest BCUT2D eigenvalue weighted by Crippen LogP contribution is 2.47. The van der Waals surface area contributed by atoms with Crippen molar-refractivity contribution in [1.82, 2.24) is 9.97 Å². The fourth-order valence-corrected chi connectivity index (χ4v) is 10.7. The molecule has 5 heteroatoms. The molecular weight excluding hydrogens is 709 g/mol. The molecular formula is C50H28N2OS2. The smallest absolute Gasteiger partial charge is 0.160 e. The summed E-state index contributed by atoms with van der Waals surface area (Å²) in [6.07, 6.45) is 0. The van der Waals surface area contributed by atoms with E-state index in [2.05, 4.69) is 170 Å². The van der Waals surface area contributed by atoms with Gasteiger partial charge in [-0.2, -0.15) is 0 Å². The monoisotopic (exact) mass is 736 g/mol. The van der Waals surface area contributed by atoms with E-state index in [4.69, 9.17) is 14.4 Å². The van der Waals surface area contributed by atoms with E-state index in [1.165, 1.54) is 52.3 Å². The SMILES string of the molecule is c1ccc(-c2ccc(-c3nc(-c4ccc5oc6c(-c7cccc8c7sc7ccccc78)cc7ccccc7c6c5c4)nc4c3sc3ccccc34)cc2)cc1. The Morgan fingerprint density at radius 3 is 1.93 bits per heavy atom. The maximum absolute atomic E-state index is 6.88. The first-order valence-electron chi connectivity index (χ1n) is 18.4. The zero-order chi connectivity index (χ0) is 36.0. The molecule has 0 aliphatic carbocycles. The molecule has 0 atom stereocenters. The number of thiophene rings is 2. The summed E-state index contributed by atoms with van der Waals surface area (Å²) < 4.78 is 11.7. The largest absolute Gasteiger partial charge is 0.455 e. The maximum atomic E-state index is 6.88. The average Bonchev–Trinajstić information content (AvgIpc) is 3.95. The molecule has 55 heavy (non-hydrogen) atoms. The third kappa shape index (κ3) is 4.74. The van der Waals surface area contributed by atoms with E-state index in [0.29, 0.717) is 5.82 Å². The number of aromatic nitrogens is 2. The number of hydrogen-bond donors (Lipinski definition) is 0. The lowest BCUT2D eigenvalue weighted by atomic mass is 9.95. The number of fused-ring (bicyclic) bond motifs is 11. The molecule has 0 amide bonds. The van der Waals surface area contributed by atoms with Gasteiger partial charge in [-0.15, -0.1) is 22.7 Å². The van der Waals surface area contributed by atoms with Gasteiger partial charge in [-0.1, -0.05) is 133 Å². The average molecular weight is 737 g/mol. The van der Waals surface area contributed by atoms with Crippen LogP contribution in [0.5, 0.6) is 0 Å². The number of rotatable bonds is 4. The molecule has 0 bridgehead atoms. The predicted octanol–water partition coefficient (Wildman–Crippen LogP) is 14.9. The van der Waals surface area contributed by atoms with Crippen molar-refractivity contribution >= 4 is 95.9 Å². The van der Waals surface area contributed by atoms with Gasteiger partial charge in [-0.25, -0.2) is 9.97 Å². The van der Waals surface area contributed by atoms with Gasteiger partial charge >= 0.3 is 0 Å². The maximum Gasteiger partial charge on any atom is 0.160 e. The first kappa shape index (κ1) is 30.8. The molecule has 0 unspecified atom stereocenters. The van der Waals surface area contributed by atoms with Gasteiger partial charge in [-0.05, 0) is 58.3 Å². The zero-order valence-corrected chi connectivity index (χ0v) is 30.9. The Bertz CT molecular complexity index is 3480. The first-order valence-corrected chi connectivity index (χ1v) is 20.0. The van der Waals surface area contributed by atoms with Crippen molar-refractivity contribution in [1.29, 1.82) is 0 Å². The van der Waals surface area contributed by atoms with Crippen molar-refractivity contribution in [2.75, 3.05) is 0 Å². The fourth-order valence-electron chi connectivity index (χ4n) is 8.29. The van der Waals surface area contributed by atoms with Crippen molar-refractivity contribution in [3.05, 3.63) is 170 Å². The molecule has 256 valence electrons. The van der Waals surface area contributed by atoms with Crippen molar-refractivity contribution in [3.8, 4) is 44.9 Å². The molecule has 0 saturated carbocycles. The van der Waals surface area contributed by atoms with Crippen molar-refractivity contribution in [2.45, 2.75) is 0 Å². The highest BCUT2D eigenvalue weighted by Gasteiger charge is 2.21. The van der Waals surface area contributed by atoms with Gasteiger partial charge < -0.3 is 4.42 Å². The van der Waals surface area contributed by atoms with Gasteiger partial charge in [0.15, 0.2) is 5.82 Å². The number of nitrogens with zero attached hydrogens (tertiary/aromatic N) is 2. The minimum absolute atomic E-state index is 0.699. The Labute approximate surface area is 323 Å². The third-order valence-corrected chi connectivity index (χ3v) is 13.3. The van der Waals surface area contributed by atoms with Crippen molar-refractivity contribution < 1.29 is 4.42 Å². The topological polar surface area (TPSA) is 38.9 Å². The Morgan fingerprint density at radius 2 is 1.07 bits per heavy atom. The van der Waals surface area contributed by atoms with Crippen LogP contribution in [0, 0.1) is 0 Å². The van der Waals surface area contributed by atoms with Gasteiger partial charge in [0, 0.05) is 63.3 Å². The highest BCUT2D eigenvalue weighted by molar-refractivity contribution is 7.26. The number of furan rings is 1. The van der Waals surface area contributed by atoms with Gasteiger partial charge in [0.1, 0.15) is 11.2 Å². The second kappa shape index (κ2) is 11.9. The summed E-state index contributed by atoms with van der Waals surface area (Å²) >= 11 is 3.60. The van der Waals surface area contributed by atoms with Gasteiger partial charge in [0.05, 0.1) is 15.9 Å². The van der Waals surface area contributed by atoms with E-state index in [1.54, 1.807) is 11.3 Å². The summed E-state index contributed by atoms with van der Waals surface area (Å²) in [5, 5.41) is 8.23. The standard InChI is InChI=1S/C50H28N2OS2/c1-2-11-29(12-3-1)30-21-23-31(24-22-30)45-49-46(38-16-7-9-20-43(38)55-49)52-50(51-45)33-25-26-41-40(28-33)44-34-14-5-4-13-32(34)27-39(47(44)53-41)37-18-10-17-36-35-15-6-8-19-42(35)54-48(36)37/h1-28H. The predicted molar refractivity (Wildman–Crippen MR) is 234 cm³/mol. The van der Waals surface area contributed by atoms with Crippen LogP contribution in [0.15, 0.2) is 174 Å². The van der Waals surface area contributed by atoms with Gasteiger partial charge in [-0.3, -0.25) is 0 Å². The lowest BCUT2D eigenvalue weighted by molar-refractivity contribution is 0.670. The summed E-state index contributed by atoms with van der Waals surface area (Å²) in [5.41, 5.74) is 10.4. The molecule has 0 N–H and O–H groups in total. The van der Waals surface area contributed by atoms with Crippen LogP contribution in [-0.2, 0) is 0 Å². The molecule has 8 aromatic carbocycles. The lowest BCUT2D eigenvalue weighted by Gasteiger charge is -2.09.